The molecule has 0 saturated heterocycles. The van der Waals surface area contributed by atoms with Crippen LogP contribution in [0.15, 0.2) is 35.3 Å². The Labute approximate surface area is 150 Å². The van der Waals surface area contributed by atoms with Gasteiger partial charge in [-0.2, -0.15) is 0 Å². The number of benzene rings is 1. The topological polar surface area (TPSA) is 74.8 Å². The number of nitrogens with zero attached hydrogens (tertiary/aromatic N) is 1. The molecule has 0 bridgehead atoms. The largest absolute Gasteiger partial charge is 0.381 e. The van der Waals surface area contributed by atoms with Gasteiger partial charge < -0.3 is 20.7 Å². The SMILES string of the molecule is CN=C(NCCCOCC1CC1)NCC(=O)NCCc1ccccc1. The second-order valence-electron chi connectivity index (χ2n) is 6.31. The van der Waals surface area contributed by atoms with Crippen LogP contribution in [0.1, 0.15) is 24.8 Å². The summed E-state index contributed by atoms with van der Waals surface area (Å²) in [6.45, 7) is 3.29. The molecule has 0 unspecified atom stereocenters. The average Bonchev–Trinajstić information content (AvgIpc) is 3.45. The Hall–Kier alpha value is -2.08. The van der Waals surface area contributed by atoms with Gasteiger partial charge in [-0.3, -0.25) is 9.79 Å². The molecule has 138 valence electrons. The summed E-state index contributed by atoms with van der Waals surface area (Å²) in [5.74, 6) is 1.41. The van der Waals surface area contributed by atoms with Crippen molar-refractivity contribution in [3.05, 3.63) is 35.9 Å². The molecule has 0 aromatic heterocycles. The summed E-state index contributed by atoms with van der Waals surface area (Å²) in [6, 6.07) is 10.1. The Balaban J connectivity index is 1.48. The van der Waals surface area contributed by atoms with Crippen molar-refractivity contribution in [3.8, 4) is 0 Å². The van der Waals surface area contributed by atoms with Crippen LogP contribution in [-0.4, -0.2) is 51.8 Å². The number of hydrogen-bond donors (Lipinski definition) is 3. The van der Waals surface area contributed by atoms with Crippen molar-refractivity contribution in [2.75, 3.05) is 39.9 Å². The van der Waals surface area contributed by atoms with E-state index in [4.69, 9.17) is 4.74 Å². The van der Waals surface area contributed by atoms with E-state index in [0.717, 1.165) is 38.5 Å². The number of carbonyl (C=O) groups excluding carboxylic acids is 1. The van der Waals surface area contributed by atoms with Crippen LogP contribution < -0.4 is 16.0 Å². The van der Waals surface area contributed by atoms with Crippen LogP contribution in [0, 0.1) is 5.92 Å². The number of rotatable bonds is 11. The maximum Gasteiger partial charge on any atom is 0.239 e. The van der Waals surface area contributed by atoms with Gasteiger partial charge in [-0.15, -0.1) is 0 Å². The Bertz CT molecular complexity index is 529. The lowest BCUT2D eigenvalue weighted by Crippen LogP contribution is -2.43. The van der Waals surface area contributed by atoms with Crippen molar-refractivity contribution in [3.63, 3.8) is 0 Å². The van der Waals surface area contributed by atoms with Gasteiger partial charge >= 0.3 is 0 Å². The summed E-state index contributed by atoms with van der Waals surface area (Å²) in [5.41, 5.74) is 1.22. The van der Waals surface area contributed by atoms with Crippen molar-refractivity contribution < 1.29 is 9.53 Å². The molecule has 6 heteroatoms. The highest BCUT2D eigenvalue weighted by molar-refractivity contribution is 5.86. The predicted octanol–water partition coefficient (Wildman–Crippen LogP) is 1.33. The first kappa shape index (κ1) is 19.2. The fourth-order valence-corrected chi connectivity index (χ4v) is 2.35. The number of aliphatic imine (C=N–C) groups is 1. The summed E-state index contributed by atoms with van der Waals surface area (Å²) in [5, 5.41) is 9.12. The summed E-state index contributed by atoms with van der Waals surface area (Å²) in [6.07, 6.45) is 4.40. The predicted molar refractivity (Wildman–Crippen MR) is 101 cm³/mol. The minimum atomic E-state index is -0.0355. The van der Waals surface area contributed by atoms with Crippen molar-refractivity contribution in [1.29, 1.82) is 0 Å². The highest BCUT2D eigenvalue weighted by atomic mass is 16.5. The van der Waals surface area contributed by atoms with E-state index in [-0.39, 0.29) is 12.5 Å². The molecule has 1 saturated carbocycles. The van der Waals surface area contributed by atoms with Gasteiger partial charge in [-0.1, -0.05) is 30.3 Å². The van der Waals surface area contributed by atoms with Gasteiger partial charge in [-0.05, 0) is 37.2 Å². The maximum atomic E-state index is 11.9. The van der Waals surface area contributed by atoms with Crippen LogP contribution in [0.2, 0.25) is 0 Å². The lowest BCUT2D eigenvalue weighted by molar-refractivity contribution is -0.119. The molecule has 1 amide bonds. The van der Waals surface area contributed by atoms with Crippen LogP contribution in [0.25, 0.3) is 0 Å². The third-order valence-electron chi connectivity index (χ3n) is 4.03. The number of amides is 1. The van der Waals surface area contributed by atoms with Gasteiger partial charge in [0.15, 0.2) is 5.96 Å². The van der Waals surface area contributed by atoms with E-state index < -0.39 is 0 Å². The molecule has 0 atom stereocenters. The van der Waals surface area contributed by atoms with E-state index in [2.05, 4.69) is 33.1 Å². The quantitative estimate of drug-likeness (QED) is 0.321. The van der Waals surface area contributed by atoms with Gasteiger partial charge in [-0.25, -0.2) is 0 Å². The molecular formula is C19H30N4O2. The normalized spacial score (nSPS) is 14.2. The third kappa shape index (κ3) is 9.10. The van der Waals surface area contributed by atoms with Gasteiger partial charge in [0, 0.05) is 33.4 Å². The van der Waals surface area contributed by atoms with Gasteiger partial charge in [0.1, 0.15) is 0 Å². The zero-order chi connectivity index (χ0) is 17.7. The van der Waals surface area contributed by atoms with Crippen LogP contribution in [0.5, 0.6) is 0 Å². The third-order valence-corrected chi connectivity index (χ3v) is 4.03. The fraction of sp³-hybridized carbons (Fsp3) is 0.579. The highest BCUT2D eigenvalue weighted by Crippen LogP contribution is 2.28. The molecule has 1 aromatic carbocycles. The smallest absolute Gasteiger partial charge is 0.239 e. The zero-order valence-corrected chi connectivity index (χ0v) is 15.1. The molecule has 0 radical (unpaired) electrons. The Morgan fingerprint density at radius 1 is 1.16 bits per heavy atom. The molecule has 1 fully saturated rings. The first-order valence-corrected chi connectivity index (χ1v) is 9.11. The van der Waals surface area contributed by atoms with E-state index in [1.165, 1.54) is 18.4 Å². The molecule has 0 aliphatic heterocycles. The lowest BCUT2D eigenvalue weighted by atomic mass is 10.1. The Morgan fingerprint density at radius 3 is 2.68 bits per heavy atom. The van der Waals surface area contributed by atoms with Crippen molar-refractivity contribution in [2.24, 2.45) is 10.9 Å². The monoisotopic (exact) mass is 346 g/mol. The average molecular weight is 346 g/mol. The molecule has 1 aliphatic rings. The lowest BCUT2D eigenvalue weighted by Gasteiger charge is -2.12. The number of carbonyl (C=O) groups is 1. The van der Waals surface area contributed by atoms with Crippen molar-refractivity contribution in [2.45, 2.75) is 25.7 Å². The zero-order valence-electron chi connectivity index (χ0n) is 15.1. The summed E-state index contributed by atoms with van der Waals surface area (Å²) in [7, 11) is 1.70. The van der Waals surface area contributed by atoms with Crippen LogP contribution in [0.4, 0.5) is 0 Å². The molecule has 0 spiro atoms. The van der Waals surface area contributed by atoms with Crippen molar-refractivity contribution >= 4 is 11.9 Å². The maximum absolute atomic E-state index is 11.9. The van der Waals surface area contributed by atoms with E-state index >= 15 is 0 Å². The van der Waals surface area contributed by atoms with E-state index in [0.29, 0.717) is 12.5 Å². The fourth-order valence-electron chi connectivity index (χ4n) is 2.35. The van der Waals surface area contributed by atoms with Gasteiger partial charge in [0.05, 0.1) is 6.54 Å². The Kier molecular flexibility index (Phi) is 8.83. The molecule has 1 aromatic rings. The summed E-state index contributed by atoms with van der Waals surface area (Å²) >= 11 is 0. The minimum Gasteiger partial charge on any atom is -0.381 e. The molecule has 1 aliphatic carbocycles. The molecule has 25 heavy (non-hydrogen) atoms. The molecule has 0 heterocycles. The molecule has 6 nitrogen and oxygen atoms in total. The van der Waals surface area contributed by atoms with Crippen LogP contribution in [-0.2, 0) is 16.0 Å². The van der Waals surface area contributed by atoms with E-state index in [1.807, 2.05) is 18.2 Å². The standard InChI is InChI=1S/C19H30N4O2/c1-20-19(22-11-5-13-25-15-17-8-9-17)23-14-18(24)21-12-10-16-6-3-2-4-7-16/h2-4,6-7,17H,5,8-15H2,1H3,(H,21,24)(H2,20,22,23). The Morgan fingerprint density at radius 2 is 1.96 bits per heavy atom. The second kappa shape index (κ2) is 11.5. The summed E-state index contributed by atoms with van der Waals surface area (Å²) in [4.78, 5) is 16.0. The number of guanidine groups is 1. The van der Waals surface area contributed by atoms with Gasteiger partial charge in [0.25, 0.3) is 0 Å². The van der Waals surface area contributed by atoms with Crippen LogP contribution in [0.3, 0.4) is 0 Å². The summed E-state index contributed by atoms with van der Waals surface area (Å²) < 4.78 is 5.59. The van der Waals surface area contributed by atoms with Crippen LogP contribution >= 0.6 is 0 Å². The van der Waals surface area contributed by atoms with E-state index in [9.17, 15) is 4.79 Å². The van der Waals surface area contributed by atoms with Gasteiger partial charge in [0.2, 0.25) is 5.91 Å². The first-order chi connectivity index (χ1) is 12.3. The second-order valence-corrected chi connectivity index (χ2v) is 6.31. The molecule has 2 rings (SSSR count). The highest BCUT2D eigenvalue weighted by Gasteiger charge is 2.20. The number of ether oxygens (including phenoxy) is 1. The number of hydrogen-bond acceptors (Lipinski definition) is 3. The van der Waals surface area contributed by atoms with Crippen molar-refractivity contribution in [1.82, 2.24) is 16.0 Å². The first-order valence-electron chi connectivity index (χ1n) is 9.11. The minimum absolute atomic E-state index is 0.0355. The number of nitrogens with one attached hydrogen (secondary N) is 3. The molecular weight excluding hydrogens is 316 g/mol. The molecule has 3 N–H and O–H groups in total. The van der Waals surface area contributed by atoms with E-state index in [1.54, 1.807) is 7.05 Å².